The van der Waals surface area contributed by atoms with Crippen LogP contribution in [-0.2, 0) is 9.47 Å². The highest BCUT2D eigenvalue weighted by Crippen LogP contribution is 2.21. The molecule has 4 heteroatoms. The van der Waals surface area contributed by atoms with Gasteiger partial charge in [0.15, 0.2) is 0 Å². The SMILES string of the molecule is COCCOCCC(O)c1cc(C)ccc1F. The van der Waals surface area contributed by atoms with E-state index in [9.17, 15) is 9.50 Å². The topological polar surface area (TPSA) is 38.7 Å². The van der Waals surface area contributed by atoms with Gasteiger partial charge in [0.05, 0.1) is 19.3 Å². The predicted molar refractivity (Wildman–Crippen MR) is 63.4 cm³/mol. The lowest BCUT2D eigenvalue weighted by Crippen LogP contribution is -2.08. The van der Waals surface area contributed by atoms with Crippen molar-refractivity contribution in [3.63, 3.8) is 0 Å². The summed E-state index contributed by atoms with van der Waals surface area (Å²) < 4.78 is 23.5. The molecule has 0 saturated carbocycles. The van der Waals surface area contributed by atoms with Gasteiger partial charge >= 0.3 is 0 Å². The minimum Gasteiger partial charge on any atom is -0.388 e. The molecule has 96 valence electrons. The minimum atomic E-state index is -0.822. The number of halogens is 1. The zero-order valence-corrected chi connectivity index (χ0v) is 10.3. The number of aryl methyl sites for hydroxylation is 1. The molecule has 0 spiro atoms. The van der Waals surface area contributed by atoms with E-state index in [-0.39, 0.29) is 5.82 Å². The van der Waals surface area contributed by atoms with E-state index < -0.39 is 6.10 Å². The van der Waals surface area contributed by atoms with E-state index in [0.29, 0.717) is 31.8 Å². The van der Waals surface area contributed by atoms with Gasteiger partial charge in [0.1, 0.15) is 5.82 Å². The second kappa shape index (κ2) is 7.37. The first-order valence-electron chi connectivity index (χ1n) is 5.66. The van der Waals surface area contributed by atoms with Crippen LogP contribution < -0.4 is 0 Å². The predicted octanol–water partition coefficient (Wildman–Crippen LogP) is 2.22. The second-order valence-electron chi connectivity index (χ2n) is 3.93. The van der Waals surface area contributed by atoms with Crippen LogP contribution in [0, 0.1) is 12.7 Å². The molecule has 1 aromatic carbocycles. The lowest BCUT2D eigenvalue weighted by molar-refractivity contribution is 0.0468. The van der Waals surface area contributed by atoms with Crippen molar-refractivity contribution in [2.75, 3.05) is 26.9 Å². The van der Waals surface area contributed by atoms with Crippen molar-refractivity contribution < 1.29 is 19.0 Å². The minimum absolute atomic E-state index is 0.334. The molecule has 0 radical (unpaired) electrons. The third kappa shape index (κ3) is 4.81. The van der Waals surface area contributed by atoms with Crippen molar-refractivity contribution in [3.8, 4) is 0 Å². The molecule has 0 aliphatic heterocycles. The maximum absolute atomic E-state index is 13.4. The zero-order chi connectivity index (χ0) is 12.7. The Balaban J connectivity index is 2.41. The summed E-state index contributed by atoms with van der Waals surface area (Å²) in [5.41, 5.74) is 1.26. The Morgan fingerprint density at radius 3 is 2.76 bits per heavy atom. The molecule has 3 nitrogen and oxygen atoms in total. The monoisotopic (exact) mass is 242 g/mol. The third-order valence-electron chi connectivity index (χ3n) is 2.48. The van der Waals surface area contributed by atoms with E-state index in [1.165, 1.54) is 6.07 Å². The first-order chi connectivity index (χ1) is 8.15. The number of hydrogen-bond donors (Lipinski definition) is 1. The highest BCUT2D eigenvalue weighted by atomic mass is 19.1. The molecule has 0 heterocycles. The Morgan fingerprint density at radius 2 is 2.06 bits per heavy atom. The maximum Gasteiger partial charge on any atom is 0.129 e. The van der Waals surface area contributed by atoms with E-state index in [4.69, 9.17) is 9.47 Å². The van der Waals surface area contributed by atoms with Gasteiger partial charge < -0.3 is 14.6 Å². The summed E-state index contributed by atoms with van der Waals surface area (Å²) >= 11 is 0. The van der Waals surface area contributed by atoms with Crippen LogP contribution in [0.1, 0.15) is 23.7 Å². The Labute approximate surface area is 101 Å². The molecule has 0 bridgehead atoms. The fourth-order valence-electron chi connectivity index (χ4n) is 1.51. The molecule has 1 aromatic rings. The molecule has 0 aliphatic rings. The van der Waals surface area contributed by atoms with Gasteiger partial charge in [0, 0.05) is 25.7 Å². The van der Waals surface area contributed by atoms with E-state index in [1.807, 2.05) is 6.92 Å². The summed E-state index contributed by atoms with van der Waals surface area (Å²) in [6.45, 7) is 3.26. The van der Waals surface area contributed by atoms with Crippen molar-refractivity contribution in [1.82, 2.24) is 0 Å². The van der Waals surface area contributed by atoms with Crippen LogP contribution in [-0.4, -0.2) is 32.0 Å². The van der Waals surface area contributed by atoms with Crippen molar-refractivity contribution in [1.29, 1.82) is 0 Å². The largest absolute Gasteiger partial charge is 0.388 e. The van der Waals surface area contributed by atoms with Crippen molar-refractivity contribution in [3.05, 3.63) is 35.1 Å². The number of aliphatic hydroxyl groups excluding tert-OH is 1. The molecule has 0 amide bonds. The quantitative estimate of drug-likeness (QED) is 0.745. The van der Waals surface area contributed by atoms with Crippen LogP contribution in [0.25, 0.3) is 0 Å². The smallest absolute Gasteiger partial charge is 0.129 e. The molecule has 0 saturated heterocycles. The van der Waals surface area contributed by atoms with Gasteiger partial charge in [0.2, 0.25) is 0 Å². The second-order valence-corrected chi connectivity index (χ2v) is 3.93. The summed E-state index contributed by atoms with van der Waals surface area (Å²) in [5, 5.41) is 9.83. The zero-order valence-electron chi connectivity index (χ0n) is 10.3. The summed E-state index contributed by atoms with van der Waals surface area (Å²) in [4.78, 5) is 0. The van der Waals surface area contributed by atoms with Crippen LogP contribution in [0.15, 0.2) is 18.2 Å². The van der Waals surface area contributed by atoms with E-state index in [2.05, 4.69) is 0 Å². The van der Waals surface area contributed by atoms with E-state index in [0.717, 1.165) is 5.56 Å². The highest BCUT2D eigenvalue weighted by molar-refractivity contribution is 5.25. The van der Waals surface area contributed by atoms with Crippen LogP contribution >= 0.6 is 0 Å². The Hall–Kier alpha value is -0.970. The van der Waals surface area contributed by atoms with Gasteiger partial charge in [0.25, 0.3) is 0 Å². The molecule has 1 N–H and O–H groups in total. The lowest BCUT2D eigenvalue weighted by Gasteiger charge is -2.12. The molecular weight excluding hydrogens is 223 g/mol. The molecule has 1 unspecified atom stereocenters. The van der Waals surface area contributed by atoms with Gasteiger partial charge in [-0.15, -0.1) is 0 Å². The van der Waals surface area contributed by atoms with Crippen LogP contribution in [0.5, 0.6) is 0 Å². The Kier molecular flexibility index (Phi) is 6.11. The average Bonchev–Trinajstić information content (AvgIpc) is 2.32. The van der Waals surface area contributed by atoms with Crippen LogP contribution in [0.3, 0.4) is 0 Å². The van der Waals surface area contributed by atoms with Gasteiger partial charge in [-0.05, 0) is 13.0 Å². The number of methoxy groups -OCH3 is 1. The number of rotatable bonds is 7. The number of ether oxygens (including phenoxy) is 2. The van der Waals surface area contributed by atoms with E-state index in [1.54, 1.807) is 19.2 Å². The summed E-state index contributed by atoms with van der Waals surface area (Å²) in [6, 6.07) is 4.72. The Morgan fingerprint density at radius 1 is 1.29 bits per heavy atom. The fourth-order valence-corrected chi connectivity index (χ4v) is 1.51. The van der Waals surface area contributed by atoms with E-state index >= 15 is 0 Å². The third-order valence-corrected chi connectivity index (χ3v) is 2.48. The highest BCUT2D eigenvalue weighted by Gasteiger charge is 2.12. The normalized spacial score (nSPS) is 12.7. The molecule has 0 aromatic heterocycles. The first-order valence-corrected chi connectivity index (χ1v) is 5.66. The molecule has 1 rings (SSSR count). The van der Waals surface area contributed by atoms with Gasteiger partial charge in [-0.25, -0.2) is 4.39 Å². The van der Waals surface area contributed by atoms with Crippen molar-refractivity contribution >= 4 is 0 Å². The summed E-state index contributed by atoms with van der Waals surface area (Å²) in [6.07, 6.45) is -0.443. The molecule has 0 fully saturated rings. The number of hydrogen-bond acceptors (Lipinski definition) is 3. The van der Waals surface area contributed by atoms with Crippen LogP contribution in [0.4, 0.5) is 4.39 Å². The van der Waals surface area contributed by atoms with Crippen molar-refractivity contribution in [2.45, 2.75) is 19.4 Å². The molecule has 1 atom stereocenters. The molecular formula is C13H19FO3. The number of aliphatic hydroxyl groups is 1. The molecule has 0 aliphatic carbocycles. The number of benzene rings is 1. The maximum atomic E-state index is 13.4. The first kappa shape index (κ1) is 14.1. The van der Waals surface area contributed by atoms with Gasteiger partial charge in [-0.3, -0.25) is 0 Å². The van der Waals surface area contributed by atoms with Crippen molar-refractivity contribution in [2.24, 2.45) is 0 Å². The van der Waals surface area contributed by atoms with Gasteiger partial charge in [-0.1, -0.05) is 17.7 Å². The molecule has 17 heavy (non-hydrogen) atoms. The Bertz CT molecular complexity index is 341. The summed E-state index contributed by atoms with van der Waals surface area (Å²) in [7, 11) is 1.60. The van der Waals surface area contributed by atoms with Gasteiger partial charge in [-0.2, -0.15) is 0 Å². The lowest BCUT2D eigenvalue weighted by atomic mass is 10.0. The average molecular weight is 242 g/mol. The van der Waals surface area contributed by atoms with Crippen LogP contribution in [0.2, 0.25) is 0 Å². The summed E-state index contributed by atoms with van der Waals surface area (Å²) in [5.74, 6) is -0.375. The standard InChI is InChI=1S/C13H19FO3/c1-10-3-4-12(14)11(9-10)13(15)5-6-17-8-7-16-2/h3-4,9,13,15H,5-8H2,1-2H3. The fraction of sp³-hybridized carbons (Fsp3) is 0.538.